The van der Waals surface area contributed by atoms with Crippen LogP contribution in [0.4, 0.5) is 13.9 Å². The predicted octanol–water partition coefficient (Wildman–Crippen LogP) is 7.18. The van der Waals surface area contributed by atoms with Crippen LogP contribution in [0.1, 0.15) is 78.3 Å². The number of nitrogens with one attached hydrogen (secondary N) is 1. The minimum absolute atomic E-state index is 0.0254. The number of esters is 1. The lowest BCUT2D eigenvalue weighted by Crippen LogP contribution is -2.46. The number of piperidine rings is 1. The standard InChI is InChI=1S/C31H28Cl2F2N4O6S2/c1-2-10-47(42,43)38-28(40)15-11-21(34)25-22(12-15)46-30(36-25)39-16-6-7-17(39)14-18(13-16)44-29(41)24-26(23-19(32)4-3-5-20(23)33)37-45-27(24)31(35)8-9-31/h3-5,11-12,16-18H,2,6-10,13-14H2,1H3,(H,38,40)/t16-,17+,18+. The fraction of sp³-hybridized carbons (Fsp3) is 0.419. The Bertz CT molecular complexity index is 2000. The summed E-state index contributed by atoms with van der Waals surface area (Å²) in [5.41, 5.74) is -1.70. The number of nitrogens with zero attached hydrogens (tertiary/aromatic N) is 3. The molecule has 2 saturated heterocycles. The minimum atomic E-state index is -3.84. The van der Waals surface area contributed by atoms with Gasteiger partial charge >= 0.3 is 5.97 Å². The van der Waals surface area contributed by atoms with E-state index in [9.17, 15) is 18.0 Å². The second-order valence-electron chi connectivity index (χ2n) is 12.1. The fourth-order valence-corrected chi connectivity index (χ4v) is 9.28. The molecule has 3 fully saturated rings. The van der Waals surface area contributed by atoms with Gasteiger partial charge in [-0.15, -0.1) is 0 Å². The van der Waals surface area contributed by atoms with Crippen LogP contribution in [-0.4, -0.2) is 54.4 Å². The van der Waals surface area contributed by atoms with Crippen molar-refractivity contribution in [3.63, 3.8) is 0 Å². The number of thiazole rings is 1. The first-order chi connectivity index (χ1) is 22.4. The van der Waals surface area contributed by atoms with Gasteiger partial charge in [0.25, 0.3) is 5.91 Å². The number of anilines is 1. The highest BCUT2D eigenvalue weighted by Gasteiger charge is 2.53. The molecule has 1 N–H and O–H groups in total. The summed E-state index contributed by atoms with van der Waals surface area (Å²) >= 11 is 14.0. The van der Waals surface area contributed by atoms with Gasteiger partial charge in [0.05, 0.1) is 20.5 Å². The average molecular weight is 726 g/mol. The number of carbonyl (C=O) groups excluding carboxylic acids is 2. The van der Waals surface area contributed by atoms with Gasteiger partial charge in [0, 0.05) is 36.1 Å². The highest BCUT2D eigenvalue weighted by atomic mass is 35.5. The predicted molar refractivity (Wildman–Crippen MR) is 173 cm³/mol. The fourth-order valence-electron chi connectivity index (χ4n) is 6.50. The molecule has 0 radical (unpaired) electrons. The maximum Gasteiger partial charge on any atom is 0.344 e. The number of ether oxygens (including phenoxy) is 1. The molecular weight excluding hydrogens is 697 g/mol. The van der Waals surface area contributed by atoms with E-state index >= 15 is 8.78 Å². The van der Waals surface area contributed by atoms with Crippen LogP contribution in [0.2, 0.25) is 10.0 Å². The molecule has 1 saturated carbocycles. The van der Waals surface area contributed by atoms with Gasteiger partial charge in [0.2, 0.25) is 10.0 Å². The Morgan fingerprint density at radius 2 is 1.85 bits per heavy atom. The molecule has 248 valence electrons. The normalized spacial score (nSPS) is 21.6. The molecule has 47 heavy (non-hydrogen) atoms. The van der Waals surface area contributed by atoms with E-state index in [1.54, 1.807) is 25.1 Å². The zero-order valence-electron chi connectivity index (χ0n) is 24.9. The summed E-state index contributed by atoms with van der Waals surface area (Å²) in [4.78, 5) is 33.0. The lowest BCUT2D eigenvalue weighted by molar-refractivity contribution is 0.0198. The van der Waals surface area contributed by atoms with Gasteiger partial charge in [-0.2, -0.15) is 0 Å². The molecular formula is C31H28Cl2F2N4O6S2. The molecule has 2 bridgehead atoms. The molecule has 4 aromatic rings. The van der Waals surface area contributed by atoms with Gasteiger partial charge in [-0.25, -0.2) is 31.7 Å². The molecule has 3 atom stereocenters. The average Bonchev–Trinajstić information content (AvgIpc) is 3.30. The van der Waals surface area contributed by atoms with Crippen LogP contribution >= 0.6 is 34.5 Å². The molecule has 0 unspecified atom stereocenters. The third-order valence-corrected chi connectivity index (χ3v) is 11.9. The summed E-state index contributed by atoms with van der Waals surface area (Å²) in [5.74, 6) is -2.84. The Morgan fingerprint density at radius 3 is 2.49 bits per heavy atom. The molecule has 7 rings (SSSR count). The van der Waals surface area contributed by atoms with Crippen molar-refractivity contribution in [1.82, 2.24) is 14.9 Å². The van der Waals surface area contributed by atoms with E-state index in [4.69, 9.17) is 32.5 Å². The van der Waals surface area contributed by atoms with Crippen molar-refractivity contribution in [2.75, 3.05) is 10.7 Å². The summed E-state index contributed by atoms with van der Waals surface area (Å²) in [5, 5.41) is 5.01. The lowest BCUT2D eigenvalue weighted by atomic mass is 9.99. The summed E-state index contributed by atoms with van der Waals surface area (Å²) in [6.07, 6.45) is 2.67. The van der Waals surface area contributed by atoms with Crippen molar-refractivity contribution < 1.29 is 36.0 Å². The highest BCUT2D eigenvalue weighted by Crippen LogP contribution is 2.53. The van der Waals surface area contributed by atoms with Crippen molar-refractivity contribution in [2.24, 2.45) is 0 Å². The largest absolute Gasteiger partial charge is 0.458 e. The first kappa shape index (κ1) is 32.2. The number of sulfonamides is 1. The van der Waals surface area contributed by atoms with Gasteiger partial charge in [0.1, 0.15) is 22.9 Å². The first-order valence-corrected chi connectivity index (χ1v) is 18.4. The molecule has 1 aliphatic carbocycles. The maximum atomic E-state index is 15.3. The van der Waals surface area contributed by atoms with E-state index in [1.807, 2.05) is 4.72 Å². The van der Waals surface area contributed by atoms with E-state index in [2.05, 4.69) is 15.0 Å². The Kier molecular flexibility index (Phi) is 8.21. The molecule has 4 heterocycles. The molecule has 16 heteroatoms. The monoisotopic (exact) mass is 724 g/mol. The molecule has 2 aromatic carbocycles. The van der Waals surface area contributed by atoms with Crippen molar-refractivity contribution in [2.45, 2.75) is 75.7 Å². The molecule has 2 aromatic heterocycles. The third-order valence-electron chi connectivity index (χ3n) is 8.80. The molecule has 1 amide bonds. The van der Waals surface area contributed by atoms with Crippen LogP contribution < -0.4 is 9.62 Å². The van der Waals surface area contributed by atoms with Crippen molar-refractivity contribution >= 4 is 71.8 Å². The van der Waals surface area contributed by atoms with E-state index in [0.29, 0.717) is 29.1 Å². The minimum Gasteiger partial charge on any atom is -0.458 e. The van der Waals surface area contributed by atoms with Crippen LogP contribution in [0, 0.1) is 5.82 Å². The van der Waals surface area contributed by atoms with E-state index in [-0.39, 0.29) is 74.4 Å². The second-order valence-corrected chi connectivity index (χ2v) is 15.8. The zero-order valence-corrected chi connectivity index (χ0v) is 28.0. The number of benzene rings is 2. The van der Waals surface area contributed by atoms with Gasteiger partial charge < -0.3 is 14.2 Å². The Balaban J connectivity index is 1.11. The van der Waals surface area contributed by atoms with Crippen LogP contribution in [0.5, 0.6) is 0 Å². The number of hydrogen-bond acceptors (Lipinski definition) is 10. The molecule has 3 aliphatic rings. The smallest absolute Gasteiger partial charge is 0.344 e. The molecule has 10 nitrogen and oxygen atoms in total. The Hall–Kier alpha value is -3.33. The highest BCUT2D eigenvalue weighted by molar-refractivity contribution is 7.90. The summed E-state index contributed by atoms with van der Waals surface area (Å²) in [7, 11) is -3.84. The number of aromatic nitrogens is 2. The third kappa shape index (κ3) is 5.98. The SMILES string of the molecule is CCCS(=O)(=O)NC(=O)c1cc(F)c2nc(N3[C@@H]4CC[C@H]3C[C@@H](OC(=O)c3c(-c5c(Cl)cccc5Cl)noc3C3(F)CC3)C4)sc2c1. The van der Waals surface area contributed by atoms with Crippen LogP contribution in [-0.2, 0) is 20.4 Å². The quantitative estimate of drug-likeness (QED) is 0.178. The number of alkyl halides is 1. The zero-order chi connectivity index (χ0) is 33.2. The van der Waals surface area contributed by atoms with E-state index in [1.165, 1.54) is 17.4 Å². The number of rotatable bonds is 9. The number of hydrogen-bond donors (Lipinski definition) is 1. The topological polar surface area (TPSA) is 132 Å². The summed E-state index contributed by atoms with van der Waals surface area (Å²) in [6.45, 7) is 1.67. The van der Waals surface area contributed by atoms with Crippen molar-refractivity contribution in [1.29, 1.82) is 0 Å². The number of halogens is 4. The summed E-state index contributed by atoms with van der Waals surface area (Å²) in [6, 6.07) is 7.08. The van der Waals surface area contributed by atoms with Crippen LogP contribution in [0.25, 0.3) is 21.5 Å². The van der Waals surface area contributed by atoms with E-state index < -0.39 is 39.5 Å². The number of amides is 1. The number of fused-ring (bicyclic) bond motifs is 3. The Labute approximate surface area is 282 Å². The van der Waals surface area contributed by atoms with Gasteiger partial charge in [-0.05, 0) is 56.4 Å². The summed E-state index contributed by atoms with van der Waals surface area (Å²) < 4.78 is 68.4. The Morgan fingerprint density at radius 1 is 1.17 bits per heavy atom. The van der Waals surface area contributed by atoms with Crippen LogP contribution in [0.15, 0.2) is 34.9 Å². The second kappa shape index (κ2) is 12.0. The van der Waals surface area contributed by atoms with Gasteiger partial charge in [0.15, 0.2) is 22.4 Å². The van der Waals surface area contributed by atoms with Gasteiger partial charge in [-0.1, -0.05) is 52.7 Å². The van der Waals surface area contributed by atoms with Crippen molar-refractivity contribution in [3.8, 4) is 11.3 Å². The van der Waals surface area contributed by atoms with Gasteiger partial charge in [-0.3, -0.25) is 4.79 Å². The van der Waals surface area contributed by atoms with Crippen LogP contribution in [0.3, 0.4) is 0 Å². The van der Waals surface area contributed by atoms with Crippen molar-refractivity contribution in [3.05, 3.63) is 63.1 Å². The van der Waals surface area contributed by atoms with E-state index in [0.717, 1.165) is 18.9 Å². The molecule has 0 spiro atoms. The first-order valence-electron chi connectivity index (χ1n) is 15.1. The molecule has 2 aliphatic heterocycles. The lowest BCUT2D eigenvalue weighted by Gasteiger charge is -2.38. The maximum absolute atomic E-state index is 15.3. The number of carbonyl (C=O) groups is 2.